The van der Waals surface area contributed by atoms with Crippen LogP contribution in [0.5, 0.6) is 0 Å². The Balaban J connectivity index is 2.59. The number of rotatable bonds is 2. The standard InChI is InChI=1S/C7H6F3N2OS/c1-12(6(13)7(8,9)10)2-5-3-14-4-11-5/h3H,2H2,1H3. The van der Waals surface area contributed by atoms with Crippen molar-refractivity contribution >= 4 is 17.2 Å². The van der Waals surface area contributed by atoms with E-state index in [1.165, 1.54) is 0 Å². The number of alkyl halides is 3. The van der Waals surface area contributed by atoms with Crippen LogP contribution in [0.4, 0.5) is 13.2 Å². The Morgan fingerprint density at radius 1 is 1.71 bits per heavy atom. The fraction of sp³-hybridized carbons (Fsp3) is 0.429. The molecule has 0 atom stereocenters. The molecule has 1 amide bonds. The molecule has 3 nitrogen and oxygen atoms in total. The first kappa shape index (κ1) is 11.0. The highest BCUT2D eigenvalue weighted by atomic mass is 32.1. The smallest absolute Gasteiger partial charge is 0.332 e. The van der Waals surface area contributed by atoms with Crippen LogP contribution >= 0.6 is 11.3 Å². The number of carbonyl (C=O) groups is 1. The lowest BCUT2D eigenvalue weighted by Crippen LogP contribution is -2.37. The lowest BCUT2D eigenvalue weighted by atomic mass is 10.4. The van der Waals surface area contributed by atoms with Crippen molar-refractivity contribution in [3.05, 3.63) is 16.6 Å². The molecule has 0 aromatic carbocycles. The molecule has 0 aliphatic carbocycles. The van der Waals surface area contributed by atoms with Crippen molar-refractivity contribution in [2.45, 2.75) is 12.7 Å². The minimum atomic E-state index is -4.82. The second-order valence-corrected chi connectivity index (χ2v) is 3.24. The second-order valence-electron chi connectivity index (χ2n) is 2.59. The van der Waals surface area contributed by atoms with Crippen LogP contribution in [0.25, 0.3) is 0 Å². The molecule has 1 aromatic rings. The van der Waals surface area contributed by atoms with Gasteiger partial charge in [0.1, 0.15) is 0 Å². The molecule has 0 bridgehead atoms. The van der Waals surface area contributed by atoms with Gasteiger partial charge < -0.3 is 4.90 Å². The summed E-state index contributed by atoms with van der Waals surface area (Å²) in [5.74, 6) is -1.87. The zero-order chi connectivity index (χ0) is 10.8. The molecular formula is C7H6F3N2OS. The van der Waals surface area contributed by atoms with Gasteiger partial charge in [-0.1, -0.05) is 0 Å². The van der Waals surface area contributed by atoms with Crippen LogP contribution in [-0.4, -0.2) is 29.0 Å². The molecule has 77 valence electrons. The van der Waals surface area contributed by atoms with Gasteiger partial charge in [0.05, 0.1) is 12.2 Å². The lowest BCUT2D eigenvalue weighted by molar-refractivity contribution is -0.184. The molecule has 0 fully saturated rings. The molecule has 0 spiro atoms. The minimum Gasteiger partial charge on any atom is -0.332 e. The van der Waals surface area contributed by atoms with Gasteiger partial charge in [0.2, 0.25) is 0 Å². The van der Waals surface area contributed by atoms with Gasteiger partial charge in [-0.2, -0.15) is 13.2 Å². The molecule has 0 saturated carbocycles. The molecular weight excluding hydrogens is 217 g/mol. The van der Waals surface area contributed by atoms with E-state index in [0.29, 0.717) is 10.6 Å². The summed E-state index contributed by atoms with van der Waals surface area (Å²) < 4.78 is 35.7. The third-order valence-corrected chi connectivity index (χ3v) is 2.01. The summed E-state index contributed by atoms with van der Waals surface area (Å²) in [6.07, 6.45) is -4.82. The summed E-state index contributed by atoms with van der Waals surface area (Å²) in [4.78, 5) is 14.9. The molecule has 0 saturated heterocycles. The molecule has 1 aromatic heterocycles. The van der Waals surface area contributed by atoms with Crippen molar-refractivity contribution in [1.29, 1.82) is 0 Å². The second kappa shape index (κ2) is 3.95. The van der Waals surface area contributed by atoms with Gasteiger partial charge in [-0.15, -0.1) is 11.3 Å². The molecule has 0 unspecified atom stereocenters. The molecule has 0 N–H and O–H groups in total. The van der Waals surface area contributed by atoms with Gasteiger partial charge in [0.25, 0.3) is 0 Å². The number of amides is 1. The fourth-order valence-electron chi connectivity index (χ4n) is 0.810. The normalized spacial score (nSPS) is 11.4. The quantitative estimate of drug-likeness (QED) is 0.760. The van der Waals surface area contributed by atoms with Crippen LogP contribution < -0.4 is 0 Å². The number of halogens is 3. The average Bonchev–Trinajstić information content (AvgIpc) is 2.53. The van der Waals surface area contributed by atoms with Crippen LogP contribution in [0, 0.1) is 5.51 Å². The monoisotopic (exact) mass is 223 g/mol. The summed E-state index contributed by atoms with van der Waals surface area (Å²) >= 11 is 1.15. The van der Waals surface area contributed by atoms with E-state index in [0.717, 1.165) is 18.4 Å². The Labute approximate surface area is 82.2 Å². The van der Waals surface area contributed by atoms with Crippen molar-refractivity contribution in [1.82, 2.24) is 9.88 Å². The van der Waals surface area contributed by atoms with Crippen molar-refractivity contribution < 1.29 is 18.0 Å². The Morgan fingerprint density at radius 3 is 2.79 bits per heavy atom. The van der Waals surface area contributed by atoms with E-state index in [4.69, 9.17) is 0 Å². The van der Waals surface area contributed by atoms with Crippen LogP contribution in [0.1, 0.15) is 5.69 Å². The highest BCUT2D eigenvalue weighted by Crippen LogP contribution is 2.18. The van der Waals surface area contributed by atoms with E-state index in [1.807, 2.05) is 0 Å². The molecule has 14 heavy (non-hydrogen) atoms. The molecule has 1 rings (SSSR count). The Kier molecular flexibility index (Phi) is 3.10. The minimum absolute atomic E-state index is 0.154. The number of hydrogen-bond donors (Lipinski definition) is 0. The highest BCUT2D eigenvalue weighted by molar-refractivity contribution is 7.07. The van der Waals surface area contributed by atoms with E-state index in [2.05, 4.69) is 10.5 Å². The lowest BCUT2D eigenvalue weighted by Gasteiger charge is -2.17. The molecule has 0 aliphatic rings. The Bertz CT molecular complexity index is 309. The van der Waals surface area contributed by atoms with Gasteiger partial charge >= 0.3 is 12.1 Å². The van der Waals surface area contributed by atoms with E-state index in [-0.39, 0.29) is 6.54 Å². The topological polar surface area (TPSA) is 33.2 Å². The molecule has 1 radical (unpaired) electrons. The Morgan fingerprint density at radius 2 is 2.36 bits per heavy atom. The largest absolute Gasteiger partial charge is 0.471 e. The number of thiazole rings is 1. The summed E-state index contributed by atoms with van der Waals surface area (Å²) in [5, 5.41) is 1.54. The SMILES string of the molecule is CN(Cc1cs[c]n1)C(=O)C(F)(F)F. The van der Waals surface area contributed by atoms with Gasteiger partial charge in [-0.05, 0) is 0 Å². The van der Waals surface area contributed by atoms with Gasteiger partial charge in [0.15, 0.2) is 5.51 Å². The summed E-state index contributed by atoms with van der Waals surface area (Å²) in [5.41, 5.74) is 2.88. The molecule has 7 heteroatoms. The van der Waals surface area contributed by atoms with E-state index < -0.39 is 12.1 Å². The summed E-state index contributed by atoms with van der Waals surface area (Å²) in [6, 6.07) is 0. The number of aromatic nitrogens is 1. The van der Waals surface area contributed by atoms with Crippen LogP contribution in [0.3, 0.4) is 0 Å². The average molecular weight is 223 g/mol. The zero-order valence-electron chi connectivity index (χ0n) is 7.13. The summed E-state index contributed by atoms with van der Waals surface area (Å²) in [6.45, 7) is -0.154. The predicted molar refractivity (Wildman–Crippen MR) is 43.5 cm³/mol. The van der Waals surface area contributed by atoms with Crippen LogP contribution in [0.2, 0.25) is 0 Å². The maximum absolute atomic E-state index is 11.9. The van der Waals surface area contributed by atoms with Gasteiger partial charge in [-0.25, -0.2) is 4.98 Å². The number of carbonyl (C=O) groups excluding carboxylic acids is 1. The first-order valence-electron chi connectivity index (χ1n) is 3.54. The van der Waals surface area contributed by atoms with Crippen molar-refractivity contribution in [2.75, 3.05) is 7.05 Å². The number of nitrogens with zero attached hydrogens (tertiary/aromatic N) is 2. The van der Waals surface area contributed by atoms with Crippen molar-refractivity contribution in [2.24, 2.45) is 0 Å². The Hall–Kier alpha value is -1.11. The van der Waals surface area contributed by atoms with Crippen molar-refractivity contribution in [3.63, 3.8) is 0 Å². The van der Waals surface area contributed by atoms with E-state index in [9.17, 15) is 18.0 Å². The molecule has 1 heterocycles. The maximum atomic E-state index is 11.9. The zero-order valence-corrected chi connectivity index (χ0v) is 7.95. The first-order chi connectivity index (χ1) is 6.41. The fourth-order valence-corrected chi connectivity index (χ4v) is 1.30. The third kappa shape index (κ3) is 2.69. The highest BCUT2D eigenvalue weighted by Gasteiger charge is 2.41. The number of hydrogen-bond acceptors (Lipinski definition) is 3. The van der Waals surface area contributed by atoms with Gasteiger partial charge in [-0.3, -0.25) is 4.79 Å². The summed E-state index contributed by atoms with van der Waals surface area (Å²) in [7, 11) is 1.08. The predicted octanol–water partition coefficient (Wildman–Crippen LogP) is 1.46. The van der Waals surface area contributed by atoms with E-state index >= 15 is 0 Å². The van der Waals surface area contributed by atoms with Crippen molar-refractivity contribution in [3.8, 4) is 0 Å². The van der Waals surface area contributed by atoms with Crippen LogP contribution in [-0.2, 0) is 11.3 Å². The van der Waals surface area contributed by atoms with Crippen LogP contribution in [0.15, 0.2) is 5.38 Å². The van der Waals surface area contributed by atoms with E-state index in [1.54, 1.807) is 5.38 Å². The molecule has 0 aliphatic heterocycles. The maximum Gasteiger partial charge on any atom is 0.471 e. The van der Waals surface area contributed by atoms with Gasteiger partial charge in [0, 0.05) is 12.4 Å². The third-order valence-electron chi connectivity index (χ3n) is 1.43. The first-order valence-corrected chi connectivity index (χ1v) is 4.42.